The van der Waals surface area contributed by atoms with Gasteiger partial charge in [-0.1, -0.05) is 13.8 Å². The van der Waals surface area contributed by atoms with Crippen LogP contribution in [0.25, 0.3) is 0 Å². The second kappa shape index (κ2) is 2.97. The van der Waals surface area contributed by atoms with Crippen molar-refractivity contribution >= 4 is 11.9 Å². The number of aliphatic carboxylic acids is 2. The summed E-state index contributed by atoms with van der Waals surface area (Å²) in [5, 5.41) is 18.1. The number of rotatable bonds is 2. The number of carboxylic acids is 2. The molecule has 0 heterocycles. The fourth-order valence-electron chi connectivity index (χ4n) is 3.71. The van der Waals surface area contributed by atoms with E-state index >= 15 is 0 Å². The summed E-state index contributed by atoms with van der Waals surface area (Å²) < 4.78 is 0. The summed E-state index contributed by atoms with van der Waals surface area (Å²) in [6, 6.07) is 0. The second-order valence-corrected chi connectivity index (χ2v) is 5.40. The molecule has 0 aromatic carbocycles. The summed E-state index contributed by atoms with van der Waals surface area (Å²) in [5.74, 6) is -2.52. The third-order valence-electron chi connectivity index (χ3n) is 4.49. The monoisotopic (exact) mass is 212 g/mol. The Morgan fingerprint density at radius 1 is 1.07 bits per heavy atom. The molecule has 84 valence electrons. The molecule has 4 nitrogen and oxygen atoms in total. The van der Waals surface area contributed by atoms with Crippen LogP contribution in [-0.4, -0.2) is 22.2 Å². The van der Waals surface area contributed by atoms with Gasteiger partial charge >= 0.3 is 11.9 Å². The third-order valence-corrected chi connectivity index (χ3v) is 4.49. The molecule has 15 heavy (non-hydrogen) atoms. The van der Waals surface area contributed by atoms with E-state index < -0.39 is 23.8 Å². The van der Waals surface area contributed by atoms with Crippen molar-refractivity contribution in [2.45, 2.75) is 26.7 Å². The van der Waals surface area contributed by atoms with Crippen LogP contribution in [0, 0.1) is 29.1 Å². The van der Waals surface area contributed by atoms with E-state index in [0.717, 1.165) is 0 Å². The molecule has 0 radical (unpaired) electrons. The molecule has 0 spiro atoms. The lowest BCUT2D eigenvalue weighted by atomic mass is 9.76. The van der Waals surface area contributed by atoms with E-state index in [9.17, 15) is 9.59 Å². The quantitative estimate of drug-likeness (QED) is 0.726. The summed E-state index contributed by atoms with van der Waals surface area (Å²) in [6.07, 6.45) is 1.30. The van der Waals surface area contributed by atoms with E-state index in [2.05, 4.69) is 0 Å². The Bertz CT molecular complexity index is 297. The number of hydrogen-bond donors (Lipinski definition) is 2. The van der Waals surface area contributed by atoms with Crippen LogP contribution >= 0.6 is 0 Å². The fraction of sp³-hybridized carbons (Fsp3) is 0.818. The zero-order valence-corrected chi connectivity index (χ0v) is 8.93. The van der Waals surface area contributed by atoms with Crippen molar-refractivity contribution in [3.05, 3.63) is 0 Å². The van der Waals surface area contributed by atoms with Crippen molar-refractivity contribution in [1.29, 1.82) is 0 Å². The van der Waals surface area contributed by atoms with E-state index in [-0.39, 0.29) is 17.3 Å². The normalized spacial score (nSPS) is 41.7. The highest BCUT2D eigenvalue weighted by molar-refractivity contribution is 5.76. The van der Waals surface area contributed by atoms with Crippen LogP contribution in [0.1, 0.15) is 26.7 Å². The molecule has 0 amide bonds. The molecule has 0 saturated heterocycles. The van der Waals surface area contributed by atoms with Gasteiger partial charge in [0.25, 0.3) is 0 Å². The van der Waals surface area contributed by atoms with Gasteiger partial charge in [-0.2, -0.15) is 0 Å². The SMILES string of the molecule is CC1(C)C2CC(C(=O)O)C1C(C(=O)O)C2. The zero-order chi connectivity index (χ0) is 11.4. The maximum atomic E-state index is 11.1. The molecule has 2 atom stereocenters. The summed E-state index contributed by atoms with van der Waals surface area (Å²) in [4.78, 5) is 22.1. The third kappa shape index (κ3) is 1.27. The average molecular weight is 212 g/mol. The molecule has 0 aromatic rings. The van der Waals surface area contributed by atoms with Gasteiger partial charge in [0.1, 0.15) is 0 Å². The van der Waals surface area contributed by atoms with Gasteiger partial charge in [0.05, 0.1) is 11.8 Å². The predicted molar refractivity (Wildman–Crippen MR) is 52.2 cm³/mol. The van der Waals surface area contributed by atoms with Crippen molar-refractivity contribution in [1.82, 2.24) is 0 Å². The summed E-state index contributed by atoms with van der Waals surface area (Å²) >= 11 is 0. The Kier molecular flexibility index (Phi) is 2.07. The first kappa shape index (κ1) is 10.5. The molecule has 0 aliphatic heterocycles. The Hall–Kier alpha value is -1.06. The molecule has 2 N–H and O–H groups in total. The average Bonchev–Trinajstić information content (AvgIpc) is 2.52. The minimum absolute atomic E-state index is 0.133. The Labute approximate surface area is 88.3 Å². The molecular weight excluding hydrogens is 196 g/mol. The molecule has 4 heteroatoms. The van der Waals surface area contributed by atoms with E-state index in [1.54, 1.807) is 0 Å². The molecule has 2 fully saturated rings. The summed E-state index contributed by atoms with van der Waals surface area (Å²) in [6.45, 7) is 4.02. The molecule has 0 aromatic heterocycles. The van der Waals surface area contributed by atoms with E-state index in [4.69, 9.17) is 10.2 Å². The van der Waals surface area contributed by atoms with Crippen molar-refractivity contribution in [2.75, 3.05) is 0 Å². The van der Waals surface area contributed by atoms with Crippen LogP contribution < -0.4 is 0 Å². The summed E-state index contributed by atoms with van der Waals surface area (Å²) in [7, 11) is 0. The molecule has 2 saturated carbocycles. The number of fused-ring (bicyclic) bond motifs is 2. The van der Waals surface area contributed by atoms with Crippen LogP contribution in [0.3, 0.4) is 0 Å². The minimum Gasteiger partial charge on any atom is -0.481 e. The Morgan fingerprint density at radius 3 is 1.73 bits per heavy atom. The van der Waals surface area contributed by atoms with Gasteiger partial charge in [0, 0.05) is 0 Å². The maximum absolute atomic E-state index is 11.1. The van der Waals surface area contributed by atoms with Crippen LogP contribution in [0.2, 0.25) is 0 Å². The minimum atomic E-state index is -0.832. The van der Waals surface area contributed by atoms with Crippen LogP contribution in [-0.2, 0) is 9.59 Å². The first-order valence-corrected chi connectivity index (χ1v) is 5.31. The lowest BCUT2D eigenvalue weighted by molar-refractivity contribution is -0.150. The van der Waals surface area contributed by atoms with E-state index in [0.29, 0.717) is 12.8 Å². The second-order valence-electron chi connectivity index (χ2n) is 5.40. The highest BCUT2D eigenvalue weighted by atomic mass is 16.4. The molecule has 2 unspecified atom stereocenters. The number of hydrogen-bond acceptors (Lipinski definition) is 2. The van der Waals surface area contributed by atoms with Crippen molar-refractivity contribution in [2.24, 2.45) is 29.1 Å². The lowest BCUT2D eigenvalue weighted by Crippen LogP contribution is -2.34. The molecule has 2 aliphatic carbocycles. The standard InChI is InChI=1S/C11H16O4/c1-11(2)5-3-6(9(12)13)8(11)7(4-5)10(14)15/h5-8H,3-4H2,1-2H3,(H,12,13)(H,14,15). The first-order valence-electron chi connectivity index (χ1n) is 5.31. The first-order chi connectivity index (χ1) is 6.85. The topological polar surface area (TPSA) is 74.6 Å². The van der Waals surface area contributed by atoms with E-state index in [1.807, 2.05) is 13.8 Å². The molecule has 2 bridgehead atoms. The fourth-order valence-corrected chi connectivity index (χ4v) is 3.71. The molecular formula is C11H16O4. The van der Waals surface area contributed by atoms with Crippen LogP contribution in [0.15, 0.2) is 0 Å². The highest BCUT2D eigenvalue weighted by Crippen LogP contribution is 2.62. The number of carboxylic acid groups (broad SMARTS) is 2. The maximum Gasteiger partial charge on any atom is 0.306 e. The Balaban J connectivity index is 2.33. The zero-order valence-electron chi connectivity index (χ0n) is 8.93. The van der Waals surface area contributed by atoms with Gasteiger partial charge in [-0.05, 0) is 30.1 Å². The van der Waals surface area contributed by atoms with Gasteiger partial charge < -0.3 is 10.2 Å². The van der Waals surface area contributed by atoms with Crippen molar-refractivity contribution in [3.8, 4) is 0 Å². The van der Waals surface area contributed by atoms with Crippen molar-refractivity contribution in [3.63, 3.8) is 0 Å². The molecule has 2 rings (SSSR count). The largest absolute Gasteiger partial charge is 0.481 e. The Morgan fingerprint density at radius 2 is 1.47 bits per heavy atom. The number of carbonyl (C=O) groups is 2. The predicted octanol–water partition coefficient (Wildman–Crippen LogP) is 1.45. The van der Waals surface area contributed by atoms with Gasteiger partial charge in [-0.3, -0.25) is 9.59 Å². The van der Waals surface area contributed by atoms with Gasteiger partial charge in [0.15, 0.2) is 0 Å². The van der Waals surface area contributed by atoms with Crippen LogP contribution in [0.4, 0.5) is 0 Å². The summed E-state index contributed by atoms with van der Waals surface area (Å²) in [5.41, 5.74) is -0.133. The van der Waals surface area contributed by atoms with Crippen molar-refractivity contribution < 1.29 is 19.8 Å². The lowest BCUT2D eigenvalue weighted by Gasteiger charge is -2.27. The molecule has 2 aliphatic rings. The van der Waals surface area contributed by atoms with Gasteiger partial charge in [0.2, 0.25) is 0 Å². The smallest absolute Gasteiger partial charge is 0.306 e. The van der Waals surface area contributed by atoms with Gasteiger partial charge in [-0.25, -0.2) is 0 Å². The van der Waals surface area contributed by atoms with E-state index in [1.165, 1.54) is 0 Å². The highest BCUT2D eigenvalue weighted by Gasteiger charge is 2.62. The van der Waals surface area contributed by atoms with Gasteiger partial charge in [-0.15, -0.1) is 0 Å². The van der Waals surface area contributed by atoms with Crippen LogP contribution in [0.5, 0.6) is 0 Å².